The summed E-state index contributed by atoms with van der Waals surface area (Å²) in [4.78, 5) is 4.53. The summed E-state index contributed by atoms with van der Waals surface area (Å²) < 4.78 is 1.92. The molecule has 0 bridgehead atoms. The Labute approximate surface area is 160 Å². The molecule has 0 spiro atoms. The summed E-state index contributed by atoms with van der Waals surface area (Å²) in [5.41, 5.74) is 8.48. The second-order valence-corrected chi connectivity index (χ2v) is 6.15. The molecular formula is C18H26IN5. The summed E-state index contributed by atoms with van der Waals surface area (Å²) in [5.74, 6) is 0.561. The van der Waals surface area contributed by atoms with Crippen LogP contribution in [0.4, 0.5) is 0 Å². The van der Waals surface area contributed by atoms with Gasteiger partial charge in [-0.3, -0.25) is 4.68 Å². The van der Waals surface area contributed by atoms with Crippen molar-refractivity contribution in [3.8, 4) is 0 Å². The minimum absolute atomic E-state index is 0. The van der Waals surface area contributed by atoms with E-state index in [4.69, 9.17) is 5.73 Å². The Kier molecular flexibility index (Phi) is 7.55. The molecule has 24 heavy (non-hydrogen) atoms. The van der Waals surface area contributed by atoms with Gasteiger partial charge in [0.15, 0.2) is 5.96 Å². The number of hydrogen-bond donors (Lipinski definition) is 2. The third kappa shape index (κ3) is 5.51. The van der Waals surface area contributed by atoms with Gasteiger partial charge in [-0.15, -0.1) is 24.0 Å². The summed E-state index contributed by atoms with van der Waals surface area (Å²) in [6.45, 7) is 1.36. The van der Waals surface area contributed by atoms with Crippen molar-refractivity contribution in [3.63, 3.8) is 0 Å². The molecule has 0 unspecified atom stereocenters. The van der Waals surface area contributed by atoms with E-state index in [1.807, 2.05) is 23.0 Å². The van der Waals surface area contributed by atoms with Crippen molar-refractivity contribution in [1.82, 2.24) is 15.1 Å². The number of nitrogens with two attached hydrogens (primary N) is 1. The number of nitrogens with one attached hydrogen (secondary N) is 1. The van der Waals surface area contributed by atoms with Crippen molar-refractivity contribution < 1.29 is 0 Å². The van der Waals surface area contributed by atoms with Crippen LogP contribution in [0.2, 0.25) is 0 Å². The maximum absolute atomic E-state index is 6.06. The second-order valence-electron chi connectivity index (χ2n) is 6.15. The van der Waals surface area contributed by atoms with Gasteiger partial charge in [-0.05, 0) is 30.0 Å². The monoisotopic (exact) mass is 439 g/mol. The number of nitrogens with zero attached hydrogens (tertiary/aromatic N) is 3. The third-order valence-corrected chi connectivity index (χ3v) is 4.39. The highest BCUT2D eigenvalue weighted by Gasteiger charge is 2.13. The first kappa shape index (κ1) is 18.8. The molecule has 0 radical (unpaired) electrons. The third-order valence-electron chi connectivity index (χ3n) is 4.39. The summed E-state index contributed by atoms with van der Waals surface area (Å²) in [7, 11) is 0. The van der Waals surface area contributed by atoms with Crippen LogP contribution >= 0.6 is 24.0 Å². The molecule has 130 valence electrons. The van der Waals surface area contributed by atoms with Gasteiger partial charge in [0.25, 0.3) is 0 Å². The van der Waals surface area contributed by atoms with Crippen molar-refractivity contribution in [2.75, 3.05) is 0 Å². The van der Waals surface area contributed by atoms with Crippen molar-refractivity contribution >= 4 is 29.9 Å². The van der Waals surface area contributed by atoms with E-state index in [0.29, 0.717) is 18.5 Å². The Bertz CT molecular complexity index is 633. The molecular weight excluding hydrogens is 413 g/mol. The van der Waals surface area contributed by atoms with E-state index in [1.54, 1.807) is 6.20 Å². The molecule has 0 amide bonds. The maximum atomic E-state index is 6.06. The Morgan fingerprint density at radius 1 is 1.17 bits per heavy atom. The molecule has 1 aliphatic rings. The molecule has 0 aliphatic heterocycles. The van der Waals surface area contributed by atoms with E-state index in [9.17, 15) is 0 Å². The molecule has 0 atom stereocenters. The second kappa shape index (κ2) is 9.66. The minimum Gasteiger partial charge on any atom is -0.370 e. The van der Waals surface area contributed by atoms with E-state index in [-0.39, 0.29) is 24.0 Å². The Hall–Kier alpha value is -1.57. The number of hydrogen-bond acceptors (Lipinski definition) is 2. The van der Waals surface area contributed by atoms with Crippen LogP contribution in [0.15, 0.2) is 47.7 Å². The Balaban J connectivity index is 0.00000208. The Morgan fingerprint density at radius 3 is 2.62 bits per heavy atom. The Morgan fingerprint density at radius 2 is 1.92 bits per heavy atom. The van der Waals surface area contributed by atoms with Gasteiger partial charge in [0, 0.05) is 18.4 Å². The summed E-state index contributed by atoms with van der Waals surface area (Å²) in [6, 6.07) is 10.8. The zero-order valence-corrected chi connectivity index (χ0v) is 16.2. The zero-order valence-electron chi connectivity index (χ0n) is 13.9. The maximum Gasteiger partial charge on any atom is 0.189 e. The number of rotatable bonds is 5. The smallest absolute Gasteiger partial charge is 0.189 e. The molecule has 3 rings (SSSR count). The largest absolute Gasteiger partial charge is 0.370 e. The molecule has 1 fully saturated rings. The lowest BCUT2D eigenvalue weighted by Gasteiger charge is -2.23. The fraction of sp³-hybridized carbons (Fsp3) is 0.444. The molecule has 2 aromatic rings. The molecule has 1 aliphatic carbocycles. The fourth-order valence-electron chi connectivity index (χ4n) is 3.11. The summed E-state index contributed by atoms with van der Waals surface area (Å²) >= 11 is 0. The van der Waals surface area contributed by atoms with E-state index in [2.05, 4.69) is 33.6 Å². The first-order chi connectivity index (χ1) is 11.3. The molecule has 1 aromatic heterocycles. The average Bonchev–Trinajstić information content (AvgIpc) is 3.08. The molecule has 6 heteroatoms. The first-order valence-electron chi connectivity index (χ1n) is 8.42. The van der Waals surface area contributed by atoms with Crippen molar-refractivity contribution in [1.29, 1.82) is 0 Å². The van der Waals surface area contributed by atoms with Crippen molar-refractivity contribution in [3.05, 3.63) is 53.9 Å². The molecule has 3 N–H and O–H groups in total. The van der Waals surface area contributed by atoms with Crippen LogP contribution in [0.5, 0.6) is 0 Å². The lowest BCUT2D eigenvalue weighted by atomic mass is 9.96. The van der Waals surface area contributed by atoms with Gasteiger partial charge in [-0.25, -0.2) is 4.99 Å². The number of guanidine groups is 1. The lowest BCUT2D eigenvalue weighted by molar-refractivity contribution is 0.412. The van der Waals surface area contributed by atoms with Crippen molar-refractivity contribution in [2.24, 2.45) is 10.7 Å². The number of benzene rings is 1. The predicted molar refractivity (Wildman–Crippen MR) is 109 cm³/mol. The lowest BCUT2D eigenvalue weighted by Crippen LogP contribution is -2.41. The van der Waals surface area contributed by atoms with Crippen LogP contribution < -0.4 is 11.1 Å². The van der Waals surface area contributed by atoms with Crippen LogP contribution in [-0.4, -0.2) is 21.8 Å². The molecule has 1 saturated carbocycles. The molecule has 1 heterocycles. The summed E-state index contributed by atoms with van der Waals surface area (Å²) in [5, 5.41) is 7.63. The van der Waals surface area contributed by atoms with E-state index >= 15 is 0 Å². The molecule has 5 nitrogen and oxygen atoms in total. The van der Waals surface area contributed by atoms with Crippen LogP contribution in [0, 0.1) is 0 Å². The molecule has 1 aromatic carbocycles. The highest BCUT2D eigenvalue weighted by Crippen LogP contribution is 2.17. The van der Waals surface area contributed by atoms with Crippen LogP contribution in [0.25, 0.3) is 0 Å². The standard InChI is InChI=1S/C18H25N5.HI/c19-18(22-17-9-2-1-3-10-17)20-13-15-7-4-5-8-16(15)14-23-12-6-11-21-23;/h4-8,11-12,17H,1-3,9-10,13-14H2,(H3,19,20,22);1H. The first-order valence-corrected chi connectivity index (χ1v) is 8.42. The topological polar surface area (TPSA) is 68.2 Å². The van der Waals surface area contributed by atoms with Gasteiger partial charge in [0.1, 0.15) is 0 Å². The van der Waals surface area contributed by atoms with Crippen LogP contribution in [0.3, 0.4) is 0 Å². The summed E-state index contributed by atoms with van der Waals surface area (Å²) in [6.07, 6.45) is 10.1. The number of aromatic nitrogens is 2. The number of aliphatic imine (C=N–C) groups is 1. The van der Waals surface area contributed by atoms with Gasteiger partial charge in [-0.2, -0.15) is 5.10 Å². The highest BCUT2D eigenvalue weighted by atomic mass is 127. The van der Waals surface area contributed by atoms with E-state index in [1.165, 1.54) is 43.2 Å². The van der Waals surface area contributed by atoms with E-state index in [0.717, 1.165) is 6.54 Å². The van der Waals surface area contributed by atoms with Gasteiger partial charge in [0.05, 0.1) is 13.1 Å². The molecule has 0 saturated heterocycles. The quantitative estimate of drug-likeness (QED) is 0.427. The normalized spacial score (nSPS) is 15.8. The van der Waals surface area contributed by atoms with Gasteiger partial charge in [-0.1, -0.05) is 43.5 Å². The van der Waals surface area contributed by atoms with Crippen molar-refractivity contribution in [2.45, 2.75) is 51.2 Å². The number of halogens is 1. The van der Waals surface area contributed by atoms with Gasteiger partial charge in [0.2, 0.25) is 0 Å². The fourth-order valence-corrected chi connectivity index (χ4v) is 3.11. The average molecular weight is 439 g/mol. The van der Waals surface area contributed by atoms with Crippen LogP contribution in [-0.2, 0) is 13.1 Å². The van der Waals surface area contributed by atoms with E-state index < -0.39 is 0 Å². The van der Waals surface area contributed by atoms with Gasteiger partial charge >= 0.3 is 0 Å². The zero-order chi connectivity index (χ0) is 15.9. The van der Waals surface area contributed by atoms with Gasteiger partial charge < -0.3 is 11.1 Å². The minimum atomic E-state index is 0. The SMILES string of the molecule is I.NC(=NCc1ccccc1Cn1cccn1)NC1CCCCC1. The highest BCUT2D eigenvalue weighted by molar-refractivity contribution is 14.0. The van der Waals surface area contributed by atoms with Crippen LogP contribution in [0.1, 0.15) is 43.2 Å². The predicted octanol–water partition coefficient (Wildman–Crippen LogP) is 3.29.